The van der Waals surface area contributed by atoms with Crippen LogP contribution in [0.2, 0.25) is 0 Å². The number of fused-ring (bicyclic) bond motifs is 1. The third-order valence-electron chi connectivity index (χ3n) is 5.43. The molecule has 160 valence electrons. The van der Waals surface area contributed by atoms with E-state index in [2.05, 4.69) is 20.3 Å². The monoisotopic (exact) mass is 426 g/mol. The number of hydrogen-bond acceptors (Lipinski definition) is 5. The number of hydrogen-bond donors (Lipinski definition) is 4. The van der Waals surface area contributed by atoms with Crippen LogP contribution in [0.3, 0.4) is 0 Å². The smallest absolute Gasteiger partial charge is 0.261 e. The molecule has 0 radical (unpaired) electrons. The highest BCUT2D eigenvalue weighted by Crippen LogP contribution is 2.28. The van der Waals surface area contributed by atoms with Gasteiger partial charge in [0.2, 0.25) is 0 Å². The van der Waals surface area contributed by atoms with E-state index >= 15 is 0 Å². The summed E-state index contributed by atoms with van der Waals surface area (Å²) in [6.45, 7) is 2.24. The minimum atomic E-state index is -0.709. The van der Waals surface area contributed by atoms with Crippen LogP contribution < -0.4 is 10.9 Å². The van der Waals surface area contributed by atoms with Gasteiger partial charge in [0.25, 0.3) is 5.56 Å². The summed E-state index contributed by atoms with van der Waals surface area (Å²) in [5.41, 5.74) is 5.07. The molecule has 0 aliphatic carbocycles. The van der Waals surface area contributed by atoms with Crippen molar-refractivity contribution in [3.8, 4) is 17.1 Å². The molecule has 0 aliphatic rings. The molecular formula is C24H22N6O2. The summed E-state index contributed by atoms with van der Waals surface area (Å²) in [7, 11) is 0. The van der Waals surface area contributed by atoms with Gasteiger partial charge in [-0.05, 0) is 36.2 Å². The number of H-pyrrole nitrogens is 2. The first-order valence-corrected chi connectivity index (χ1v) is 10.3. The molecule has 4 N–H and O–H groups in total. The first kappa shape index (κ1) is 19.8. The van der Waals surface area contributed by atoms with Crippen LogP contribution in [-0.2, 0) is 0 Å². The number of aliphatic hydroxyl groups excluding tert-OH is 1. The van der Waals surface area contributed by atoms with Crippen molar-refractivity contribution in [3.63, 3.8) is 0 Å². The molecule has 5 rings (SSSR count). The summed E-state index contributed by atoms with van der Waals surface area (Å²) in [4.78, 5) is 27.6. The van der Waals surface area contributed by atoms with Crippen LogP contribution in [0.25, 0.3) is 28.1 Å². The summed E-state index contributed by atoms with van der Waals surface area (Å²) in [5.74, 6) is 0.462. The fraction of sp³-hybridized carbons (Fsp3) is 0.125. The zero-order chi connectivity index (χ0) is 22.1. The first-order valence-electron chi connectivity index (χ1n) is 10.3. The second kappa shape index (κ2) is 8.16. The average molecular weight is 426 g/mol. The Labute approximate surface area is 183 Å². The molecule has 0 unspecified atom stereocenters. The Morgan fingerprint density at radius 1 is 1.19 bits per heavy atom. The standard InChI is InChI=1S/C24H22N6O2/c1-15-11-17(30-10-9-25-14-30)12-19-22(15)29-23(28-19)21-18(7-8-26-24(21)32)27-13-20(31)16-5-3-2-4-6-16/h2-12,14,20,31H,13H2,1H3,(H,28,29)(H2,26,27,32)/t20-/m1/s1. The van der Waals surface area contributed by atoms with Crippen LogP contribution in [0.1, 0.15) is 17.2 Å². The second-order valence-corrected chi connectivity index (χ2v) is 7.62. The van der Waals surface area contributed by atoms with E-state index in [0.717, 1.165) is 27.8 Å². The summed E-state index contributed by atoms with van der Waals surface area (Å²) in [5, 5.41) is 13.7. The van der Waals surface area contributed by atoms with Crippen LogP contribution in [-0.4, -0.2) is 36.2 Å². The molecule has 8 nitrogen and oxygen atoms in total. The Morgan fingerprint density at radius 2 is 2.03 bits per heavy atom. The highest BCUT2D eigenvalue weighted by atomic mass is 16.3. The van der Waals surface area contributed by atoms with Gasteiger partial charge < -0.3 is 25.0 Å². The van der Waals surface area contributed by atoms with Gasteiger partial charge >= 0.3 is 0 Å². The van der Waals surface area contributed by atoms with Crippen LogP contribution in [0.4, 0.5) is 5.69 Å². The van der Waals surface area contributed by atoms with Crippen LogP contribution in [0, 0.1) is 6.92 Å². The van der Waals surface area contributed by atoms with E-state index in [9.17, 15) is 9.90 Å². The fourth-order valence-corrected chi connectivity index (χ4v) is 3.81. The van der Waals surface area contributed by atoms with Gasteiger partial charge in [0.15, 0.2) is 0 Å². The molecule has 32 heavy (non-hydrogen) atoms. The number of rotatable bonds is 6. The van der Waals surface area contributed by atoms with Crippen LogP contribution in [0.5, 0.6) is 0 Å². The lowest BCUT2D eigenvalue weighted by atomic mass is 10.1. The van der Waals surface area contributed by atoms with Crippen molar-refractivity contribution in [3.05, 3.63) is 94.9 Å². The minimum absolute atomic E-state index is 0.254. The number of pyridine rings is 1. The number of nitrogens with one attached hydrogen (secondary N) is 3. The number of benzene rings is 2. The largest absolute Gasteiger partial charge is 0.387 e. The van der Waals surface area contributed by atoms with E-state index in [4.69, 9.17) is 4.98 Å². The van der Waals surface area contributed by atoms with Crippen molar-refractivity contribution >= 4 is 16.7 Å². The van der Waals surface area contributed by atoms with Gasteiger partial charge in [-0.1, -0.05) is 30.3 Å². The van der Waals surface area contributed by atoms with E-state index in [1.165, 1.54) is 0 Å². The Bertz CT molecular complexity index is 1420. The van der Waals surface area contributed by atoms with Gasteiger partial charge in [-0.15, -0.1) is 0 Å². The summed E-state index contributed by atoms with van der Waals surface area (Å²) in [6, 6.07) is 15.2. The third-order valence-corrected chi connectivity index (χ3v) is 5.43. The molecule has 0 aliphatic heterocycles. The topological polar surface area (TPSA) is 112 Å². The average Bonchev–Trinajstić information content (AvgIpc) is 3.48. The Morgan fingerprint density at radius 3 is 2.81 bits per heavy atom. The number of aromatic nitrogens is 5. The predicted molar refractivity (Wildman–Crippen MR) is 124 cm³/mol. The van der Waals surface area contributed by atoms with Crippen LogP contribution in [0.15, 0.2) is 78.2 Å². The van der Waals surface area contributed by atoms with Crippen LogP contribution >= 0.6 is 0 Å². The Hall–Kier alpha value is -4.17. The van der Waals surface area contributed by atoms with Crippen molar-refractivity contribution in [1.29, 1.82) is 0 Å². The summed E-state index contributed by atoms with van der Waals surface area (Å²) < 4.78 is 1.92. The van der Waals surface area contributed by atoms with Gasteiger partial charge in [0.05, 0.1) is 29.2 Å². The number of imidazole rings is 2. The second-order valence-electron chi connectivity index (χ2n) is 7.62. The van der Waals surface area contributed by atoms with Crippen molar-refractivity contribution in [2.75, 3.05) is 11.9 Å². The van der Waals surface area contributed by atoms with Gasteiger partial charge in [0, 0.05) is 30.8 Å². The zero-order valence-electron chi connectivity index (χ0n) is 17.4. The van der Waals surface area contributed by atoms with Crippen molar-refractivity contribution in [2.45, 2.75) is 13.0 Å². The maximum Gasteiger partial charge on any atom is 0.261 e. The van der Waals surface area contributed by atoms with E-state index < -0.39 is 6.10 Å². The minimum Gasteiger partial charge on any atom is -0.387 e. The highest BCUT2D eigenvalue weighted by molar-refractivity contribution is 5.86. The quantitative estimate of drug-likeness (QED) is 0.332. The maximum absolute atomic E-state index is 12.7. The normalized spacial score (nSPS) is 12.2. The molecule has 0 spiro atoms. The Balaban J connectivity index is 1.51. The third kappa shape index (κ3) is 3.67. The van der Waals surface area contributed by atoms with Gasteiger partial charge in [-0.25, -0.2) is 9.97 Å². The molecule has 0 saturated heterocycles. The molecule has 0 bridgehead atoms. The van der Waals surface area contributed by atoms with Crippen molar-refractivity contribution in [2.24, 2.45) is 0 Å². The molecule has 0 fully saturated rings. The van der Waals surface area contributed by atoms with E-state index in [1.807, 2.05) is 60.2 Å². The number of aryl methyl sites for hydroxylation is 1. The van der Waals surface area contributed by atoms with Crippen molar-refractivity contribution in [1.82, 2.24) is 24.5 Å². The lowest BCUT2D eigenvalue weighted by Gasteiger charge is -2.14. The van der Waals surface area contributed by atoms with E-state index in [-0.39, 0.29) is 12.1 Å². The molecule has 8 heteroatoms. The molecule has 0 amide bonds. The Kier molecular flexibility index (Phi) is 5.04. The number of aromatic amines is 2. The highest BCUT2D eigenvalue weighted by Gasteiger charge is 2.17. The zero-order valence-corrected chi connectivity index (χ0v) is 17.4. The van der Waals surface area contributed by atoms with Crippen molar-refractivity contribution < 1.29 is 5.11 Å². The van der Waals surface area contributed by atoms with Gasteiger partial charge in [-0.3, -0.25) is 4.79 Å². The maximum atomic E-state index is 12.7. The number of aliphatic hydroxyl groups is 1. The first-order chi connectivity index (χ1) is 15.6. The SMILES string of the molecule is Cc1cc(-n2ccnc2)cc2[nH]c(-c3c(NC[C@@H](O)c4ccccc4)cc[nH]c3=O)nc12. The lowest BCUT2D eigenvalue weighted by Crippen LogP contribution is -2.17. The molecule has 2 aromatic carbocycles. The molecule has 3 heterocycles. The molecule has 0 saturated carbocycles. The molecule has 3 aromatic heterocycles. The summed E-state index contributed by atoms with van der Waals surface area (Å²) >= 11 is 0. The number of nitrogens with zero attached hydrogens (tertiary/aromatic N) is 3. The summed E-state index contributed by atoms with van der Waals surface area (Å²) in [6.07, 6.45) is 6.20. The molecule has 1 atom stereocenters. The van der Waals surface area contributed by atoms with E-state index in [0.29, 0.717) is 17.1 Å². The molecular weight excluding hydrogens is 404 g/mol. The predicted octanol–water partition coefficient (Wildman–Crippen LogP) is 3.56. The fourth-order valence-electron chi connectivity index (χ4n) is 3.81. The molecule has 5 aromatic rings. The number of anilines is 1. The van der Waals surface area contributed by atoms with E-state index in [1.54, 1.807) is 24.8 Å². The van der Waals surface area contributed by atoms with Gasteiger partial charge in [-0.2, -0.15) is 0 Å². The van der Waals surface area contributed by atoms with Gasteiger partial charge in [0.1, 0.15) is 11.4 Å². The lowest BCUT2D eigenvalue weighted by molar-refractivity contribution is 0.191.